The zero-order valence-corrected chi connectivity index (χ0v) is 12.5. The Labute approximate surface area is 124 Å². The SMILES string of the molecule is CNC(Cc1cccc(F)c1F)c1ccc(N(C)C)cc1. The summed E-state index contributed by atoms with van der Waals surface area (Å²) in [5.74, 6) is -1.56. The third kappa shape index (κ3) is 3.58. The zero-order valence-electron chi connectivity index (χ0n) is 12.5. The maximum absolute atomic E-state index is 13.8. The number of nitrogens with zero attached hydrogens (tertiary/aromatic N) is 1. The molecule has 0 aliphatic carbocycles. The van der Waals surface area contributed by atoms with E-state index >= 15 is 0 Å². The Balaban J connectivity index is 2.21. The van der Waals surface area contributed by atoms with Gasteiger partial charge in [-0.05, 0) is 42.8 Å². The Bertz CT molecular complexity index is 594. The number of anilines is 1. The molecule has 0 saturated carbocycles. The normalized spacial score (nSPS) is 12.2. The fraction of sp³-hybridized carbons (Fsp3) is 0.294. The van der Waals surface area contributed by atoms with E-state index in [1.54, 1.807) is 6.07 Å². The van der Waals surface area contributed by atoms with Crippen LogP contribution in [0.1, 0.15) is 17.2 Å². The largest absolute Gasteiger partial charge is 0.378 e. The molecule has 0 aliphatic heterocycles. The second-order valence-corrected chi connectivity index (χ2v) is 5.24. The maximum Gasteiger partial charge on any atom is 0.162 e. The summed E-state index contributed by atoms with van der Waals surface area (Å²) >= 11 is 0. The second-order valence-electron chi connectivity index (χ2n) is 5.24. The molecule has 0 bridgehead atoms. The topological polar surface area (TPSA) is 15.3 Å². The maximum atomic E-state index is 13.8. The van der Waals surface area contributed by atoms with Crippen molar-refractivity contribution in [1.82, 2.24) is 5.32 Å². The average Bonchev–Trinajstić information content (AvgIpc) is 2.49. The molecule has 2 aromatic carbocycles. The van der Waals surface area contributed by atoms with Crippen molar-refractivity contribution >= 4 is 5.69 Å². The van der Waals surface area contributed by atoms with E-state index in [2.05, 4.69) is 5.32 Å². The van der Waals surface area contributed by atoms with Crippen LogP contribution >= 0.6 is 0 Å². The van der Waals surface area contributed by atoms with E-state index in [0.717, 1.165) is 17.3 Å². The monoisotopic (exact) mass is 290 g/mol. The van der Waals surface area contributed by atoms with Crippen LogP contribution in [-0.2, 0) is 6.42 Å². The van der Waals surface area contributed by atoms with Crippen LogP contribution in [0.15, 0.2) is 42.5 Å². The number of likely N-dealkylation sites (N-methyl/N-ethyl adjacent to an activating group) is 1. The first kappa shape index (κ1) is 15.4. The number of benzene rings is 2. The lowest BCUT2D eigenvalue weighted by molar-refractivity contribution is 0.487. The van der Waals surface area contributed by atoms with Crippen LogP contribution in [0.5, 0.6) is 0 Å². The van der Waals surface area contributed by atoms with Gasteiger partial charge in [0.2, 0.25) is 0 Å². The quantitative estimate of drug-likeness (QED) is 0.906. The highest BCUT2D eigenvalue weighted by molar-refractivity contribution is 5.46. The molecule has 0 amide bonds. The highest BCUT2D eigenvalue weighted by Crippen LogP contribution is 2.23. The molecule has 0 aliphatic rings. The number of halogens is 2. The van der Waals surface area contributed by atoms with E-state index in [1.165, 1.54) is 6.07 Å². The lowest BCUT2D eigenvalue weighted by Crippen LogP contribution is -2.19. The third-order valence-electron chi connectivity index (χ3n) is 3.62. The number of rotatable bonds is 5. The van der Waals surface area contributed by atoms with Gasteiger partial charge in [-0.1, -0.05) is 24.3 Å². The van der Waals surface area contributed by atoms with Gasteiger partial charge in [-0.3, -0.25) is 0 Å². The summed E-state index contributed by atoms with van der Waals surface area (Å²) in [6.07, 6.45) is 0.404. The van der Waals surface area contributed by atoms with E-state index in [9.17, 15) is 8.78 Å². The van der Waals surface area contributed by atoms with Gasteiger partial charge < -0.3 is 10.2 Å². The van der Waals surface area contributed by atoms with Crippen molar-refractivity contribution in [2.75, 3.05) is 26.0 Å². The minimum Gasteiger partial charge on any atom is -0.378 e. The molecule has 2 rings (SSSR count). The van der Waals surface area contributed by atoms with Gasteiger partial charge in [0.1, 0.15) is 0 Å². The van der Waals surface area contributed by atoms with Crippen molar-refractivity contribution in [3.05, 3.63) is 65.2 Å². The molecule has 2 nitrogen and oxygen atoms in total. The molecule has 112 valence electrons. The highest BCUT2D eigenvalue weighted by Gasteiger charge is 2.15. The Morgan fingerprint density at radius 3 is 2.29 bits per heavy atom. The van der Waals surface area contributed by atoms with Gasteiger partial charge in [0.05, 0.1) is 0 Å². The predicted molar refractivity (Wildman–Crippen MR) is 82.6 cm³/mol. The van der Waals surface area contributed by atoms with Crippen molar-refractivity contribution < 1.29 is 8.78 Å². The summed E-state index contributed by atoms with van der Waals surface area (Å²) < 4.78 is 27.1. The molecule has 0 radical (unpaired) electrons. The number of hydrogen-bond donors (Lipinski definition) is 1. The Morgan fingerprint density at radius 2 is 1.71 bits per heavy atom. The van der Waals surface area contributed by atoms with E-state index in [1.807, 2.05) is 50.3 Å². The summed E-state index contributed by atoms with van der Waals surface area (Å²) in [6.45, 7) is 0. The first-order valence-corrected chi connectivity index (χ1v) is 6.90. The first-order chi connectivity index (χ1) is 10.0. The molecule has 1 N–H and O–H groups in total. The Kier molecular flexibility index (Phi) is 4.91. The molecule has 0 spiro atoms. The van der Waals surface area contributed by atoms with Gasteiger partial charge in [-0.2, -0.15) is 0 Å². The molecule has 2 aromatic rings. The van der Waals surface area contributed by atoms with E-state index in [0.29, 0.717) is 12.0 Å². The summed E-state index contributed by atoms with van der Waals surface area (Å²) in [7, 11) is 5.78. The highest BCUT2D eigenvalue weighted by atomic mass is 19.2. The summed E-state index contributed by atoms with van der Waals surface area (Å²) in [5.41, 5.74) is 2.53. The molecular formula is C17H20F2N2. The van der Waals surface area contributed by atoms with Crippen molar-refractivity contribution in [1.29, 1.82) is 0 Å². The van der Waals surface area contributed by atoms with Gasteiger partial charge in [0.15, 0.2) is 11.6 Å². The molecule has 0 aromatic heterocycles. The summed E-state index contributed by atoms with van der Waals surface area (Å²) in [5, 5.41) is 3.16. The zero-order chi connectivity index (χ0) is 15.4. The number of hydrogen-bond acceptors (Lipinski definition) is 2. The third-order valence-corrected chi connectivity index (χ3v) is 3.62. The lowest BCUT2D eigenvalue weighted by atomic mass is 9.98. The standard InChI is InChI=1S/C17H20F2N2/c1-20-16(11-13-5-4-6-15(18)17(13)19)12-7-9-14(10-8-12)21(2)3/h4-10,16,20H,11H2,1-3H3. The smallest absolute Gasteiger partial charge is 0.162 e. The minimum absolute atomic E-state index is 0.0579. The molecule has 0 saturated heterocycles. The minimum atomic E-state index is -0.801. The van der Waals surface area contributed by atoms with Crippen molar-refractivity contribution in [3.8, 4) is 0 Å². The van der Waals surface area contributed by atoms with E-state index in [4.69, 9.17) is 0 Å². The van der Waals surface area contributed by atoms with Crippen LogP contribution in [0.25, 0.3) is 0 Å². The van der Waals surface area contributed by atoms with Crippen LogP contribution in [-0.4, -0.2) is 21.1 Å². The van der Waals surface area contributed by atoms with Crippen LogP contribution < -0.4 is 10.2 Å². The van der Waals surface area contributed by atoms with Gasteiger partial charge in [0, 0.05) is 25.8 Å². The molecule has 0 fully saturated rings. The summed E-state index contributed by atoms with van der Waals surface area (Å²) in [4.78, 5) is 2.02. The number of nitrogens with one attached hydrogen (secondary N) is 1. The molecule has 4 heteroatoms. The molecule has 0 heterocycles. The van der Waals surface area contributed by atoms with Gasteiger partial charge in [-0.25, -0.2) is 8.78 Å². The van der Waals surface area contributed by atoms with Crippen LogP contribution in [0.4, 0.5) is 14.5 Å². The lowest BCUT2D eigenvalue weighted by Gasteiger charge is -2.19. The van der Waals surface area contributed by atoms with E-state index in [-0.39, 0.29) is 6.04 Å². The first-order valence-electron chi connectivity index (χ1n) is 6.90. The Morgan fingerprint density at radius 1 is 1.05 bits per heavy atom. The van der Waals surface area contributed by atoms with Crippen LogP contribution in [0, 0.1) is 11.6 Å². The second kappa shape index (κ2) is 6.68. The fourth-order valence-electron chi connectivity index (χ4n) is 2.32. The van der Waals surface area contributed by atoms with Crippen molar-refractivity contribution in [2.45, 2.75) is 12.5 Å². The fourth-order valence-corrected chi connectivity index (χ4v) is 2.32. The van der Waals surface area contributed by atoms with Gasteiger partial charge in [-0.15, -0.1) is 0 Å². The van der Waals surface area contributed by atoms with Crippen molar-refractivity contribution in [3.63, 3.8) is 0 Å². The molecule has 1 unspecified atom stereocenters. The van der Waals surface area contributed by atoms with Crippen LogP contribution in [0.2, 0.25) is 0 Å². The molecular weight excluding hydrogens is 270 g/mol. The molecule has 21 heavy (non-hydrogen) atoms. The van der Waals surface area contributed by atoms with Crippen LogP contribution in [0.3, 0.4) is 0 Å². The average molecular weight is 290 g/mol. The molecule has 1 atom stereocenters. The van der Waals surface area contributed by atoms with Gasteiger partial charge >= 0.3 is 0 Å². The van der Waals surface area contributed by atoms with Crippen molar-refractivity contribution in [2.24, 2.45) is 0 Å². The van der Waals surface area contributed by atoms with E-state index < -0.39 is 11.6 Å². The van der Waals surface area contributed by atoms with Gasteiger partial charge in [0.25, 0.3) is 0 Å². The predicted octanol–water partition coefficient (Wildman–Crippen LogP) is 3.53. The Hall–Kier alpha value is -1.94. The summed E-state index contributed by atoms with van der Waals surface area (Å²) in [6, 6.07) is 12.3.